The van der Waals surface area contributed by atoms with E-state index in [1.54, 1.807) is 17.8 Å². The van der Waals surface area contributed by atoms with Gasteiger partial charge in [0.2, 0.25) is 0 Å². The third-order valence-corrected chi connectivity index (χ3v) is 3.66. The number of ether oxygens (including phenoxy) is 2. The third-order valence-electron chi connectivity index (χ3n) is 3.12. The van der Waals surface area contributed by atoms with E-state index in [2.05, 4.69) is 30.9 Å². The lowest BCUT2D eigenvalue weighted by Gasteiger charge is -2.33. The van der Waals surface area contributed by atoms with Crippen molar-refractivity contribution in [2.75, 3.05) is 38.3 Å². The molecule has 1 aliphatic heterocycles. The van der Waals surface area contributed by atoms with Gasteiger partial charge in [0.05, 0.1) is 25.5 Å². The molecule has 1 atom stereocenters. The zero-order valence-corrected chi connectivity index (χ0v) is 12.2. The van der Waals surface area contributed by atoms with Gasteiger partial charge in [-0.1, -0.05) is 0 Å². The van der Waals surface area contributed by atoms with Crippen LogP contribution in [0.4, 0.5) is 5.82 Å². The molecule has 0 unspecified atom stereocenters. The first-order chi connectivity index (χ1) is 9.28. The second-order valence-corrected chi connectivity index (χ2v) is 5.25. The first-order valence-corrected chi connectivity index (χ1v) is 6.93. The highest BCUT2D eigenvalue weighted by Gasteiger charge is 2.21. The van der Waals surface area contributed by atoms with Crippen LogP contribution in [0.5, 0.6) is 0 Å². The van der Waals surface area contributed by atoms with Crippen molar-refractivity contribution < 1.29 is 9.47 Å². The van der Waals surface area contributed by atoms with Crippen molar-refractivity contribution in [1.82, 2.24) is 14.6 Å². The Bertz CT molecular complexity index is 572. The van der Waals surface area contributed by atoms with Gasteiger partial charge in [0.25, 0.3) is 0 Å². The van der Waals surface area contributed by atoms with Gasteiger partial charge in [-0.05, 0) is 28.1 Å². The standard InChI is InChI=1S/C12H15BrN4O2/c1-18-8-9-7-16(4-5-19-9)12-3-2-11-14-6-10(13)17(11)15-12/h2-3,6,9H,4-5,7-8H2,1H3/t9-/m1/s1. The van der Waals surface area contributed by atoms with E-state index >= 15 is 0 Å². The highest BCUT2D eigenvalue weighted by Crippen LogP contribution is 2.18. The molecule has 0 amide bonds. The van der Waals surface area contributed by atoms with Crippen LogP contribution in [0.1, 0.15) is 0 Å². The number of imidazole rings is 1. The van der Waals surface area contributed by atoms with Crippen molar-refractivity contribution in [2.45, 2.75) is 6.10 Å². The molecule has 6 nitrogen and oxygen atoms in total. The minimum absolute atomic E-state index is 0.0995. The van der Waals surface area contributed by atoms with Crippen LogP contribution in [0, 0.1) is 0 Å². The first kappa shape index (κ1) is 12.8. The Morgan fingerprint density at radius 2 is 2.42 bits per heavy atom. The summed E-state index contributed by atoms with van der Waals surface area (Å²) in [6, 6.07) is 3.96. The molecule has 0 bridgehead atoms. The molecular formula is C12H15BrN4O2. The van der Waals surface area contributed by atoms with E-state index in [0.717, 1.165) is 29.2 Å². The zero-order chi connectivity index (χ0) is 13.2. The molecule has 0 spiro atoms. The Morgan fingerprint density at radius 1 is 1.53 bits per heavy atom. The normalized spacial score (nSPS) is 20.1. The van der Waals surface area contributed by atoms with Crippen LogP contribution in [-0.2, 0) is 9.47 Å². The molecule has 19 heavy (non-hydrogen) atoms. The maximum absolute atomic E-state index is 5.64. The van der Waals surface area contributed by atoms with Crippen molar-refractivity contribution in [3.8, 4) is 0 Å². The minimum atomic E-state index is 0.0995. The topological polar surface area (TPSA) is 51.9 Å². The summed E-state index contributed by atoms with van der Waals surface area (Å²) in [6.45, 7) is 2.93. The Labute approximate surface area is 119 Å². The van der Waals surface area contributed by atoms with Crippen molar-refractivity contribution in [1.29, 1.82) is 0 Å². The number of anilines is 1. The van der Waals surface area contributed by atoms with E-state index in [1.807, 2.05) is 12.1 Å². The molecule has 102 valence electrons. The zero-order valence-electron chi connectivity index (χ0n) is 10.6. The molecule has 1 saturated heterocycles. The maximum Gasteiger partial charge on any atom is 0.154 e. The van der Waals surface area contributed by atoms with Gasteiger partial charge in [0, 0.05) is 20.2 Å². The monoisotopic (exact) mass is 326 g/mol. The number of rotatable bonds is 3. The lowest BCUT2D eigenvalue weighted by molar-refractivity contribution is -0.0102. The molecule has 2 aromatic rings. The smallest absolute Gasteiger partial charge is 0.154 e. The number of nitrogens with zero attached hydrogens (tertiary/aromatic N) is 4. The predicted molar refractivity (Wildman–Crippen MR) is 74.5 cm³/mol. The maximum atomic E-state index is 5.64. The summed E-state index contributed by atoms with van der Waals surface area (Å²) in [6.07, 6.45) is 1.85. The van der Waals surface area contributed by atoms with E-state index in [4.69, 9.17) is 9.47 Å². The molecule has 3 heterocycles. The van der Waals surface area contributed by atoms with Gasteiger partial charge in [-0.25, -0.2) is 9.50 Å². The van der Waals surface area contributed by atoms with Gasteiger partial charge < -0.3 is 14.4 Å². The van der Waals surface area contributed by atoms with Crippen LogP contribution >= 0.6 is 15.9 Å². The Hall–Kier alpha value is -1.18. The number of fused-ring (bicyclic) bond motifs is 1. The Balaban J connectivity index is 1.84. The quantitative estimate of drug-likeness (QED) is 0.852. The third kappa shape index (κ3) is 2.58. The number of hydrogen-bond acceptors (Lipinski definition) is 5. The lowest BCUT2D eigenvalue weighted by atomic mass is 10.3. The number of methoxy groups -OCH3 is 1. The van der Waals surface area contributed by atoms with Gasteiger partial charge in [-0.2, -0.15) is 0 Å². The van der Waals surface area contributed by atoms with E-state index in [9.17, 15) is 0 Å². The molecule has 3 rings (SSSR count). The molecular weight excluding hydrogens is 312 g/mol. The Morgan fingerprint density at radius 3 is 3.26 bits per heavy atom. The number of halogens is 1. The average Bonchev–Trinajstić information content (AvgIpc) is 2.81. The highest BCUT2D eigenvalue weighted by molar-refractivity contribution is 9.10. The molecule has 0 saturated carbocycles. The van der Waals surface area contributed by atoms with Crippen LogP contribution in [-0.4, -0.2) is 54.1 Å². The summed E-state index contributed by atoms with van der Waals surface area (Å²) in [5.74, 6) is 0.926. The molecule has 0 radical (unpaired) electrons. The molecule has 0 aliphatic carbocycles. The SMILES string of the molecule is COC[C@H]1CN(c2ccc3ncc(Br)n3n2)CCO1. The van der Waals surface area contributed by atoms with Gasteiger partial charge in [0.15, 0.2) is 5.65 Å². The van der Waals surface area contributed by atoms with Crippen LogP contribution in [0.2, 0.25) is 0 Å². The summed E-state index contributed by atoms with van der Waals surface area (Å²) in [5, 5.41) is 4.59. The summed E-state index contributed by atoms with van der Waals surface area (Å²) in [7, 11) is 1.69. The largest absolute Gasteiger partial charge is 0.382 e. The highest BCUT2D eigenvalue weighted by atomic mass is 79.9. The van der Waals surface area contributed by atoms with E-state index < -0.39 is 0 Å². The van der Waals surface area contributed by atoms with Crippen molar-refractivity contribution >= 4 is 27.4 Å². The molecule has 7 heteroatoms. The van der Waals surface area contributed by atoms with Gasteiger partial charge >= 0.3 is 0 Å². The fourth-order valence-electron chi connectivity index (χ4n) is 2.22. The van der Waals surface area contributed by atoms with Gasteiger partial charge in [-0.3, -0.25) is 0 Å². The molecule has 0 aromatic carbocycles. The van der Waals surface area contributed by atoms with Gasteiger partial charge in [0.1, 0.15) is 10.4 Å². The molecule has 1 aliphatic rings. The van der Waals surface area contributed by atoms with Crippen LogP contribution in [0.15, 0.2) is 22.9 Å². The average molecular weight is 327 g/mol. The minimum Gasteiger partial charge on any atom is -0.382 e. The summed E-state index contributed by atoms with van der Waals surface area (Å²) >= 11 is 3.44. The number of hydrogen-bond donors (Lipinski definition) is 0. The lowest BCUT2D eigenvalue weighted by Crippen LogP contribution is -2.44. The van der Waals surface area contributed by atoms with Crippen molar-refractivity contribution in [3.05, 3.63) is 22.9 Å². The molecule has 0 N–H and O–H groups in total. The fraction of sp³-hybridized carbons (Fsp3) is 0.500. The fourth-order valence-corrected chi connectivity index (χ4v) is 2.58. The summed E-state index contributed by atoms with van der Waals surface area (Å²) in [5.41, 5.74) is 0.831. The van der Waals surface area contributed by atoms with Crippen LogP contribution in [0.3, 0.4) is 0 Å². The van der Waals surface area contributed by atoms with E-state index in [1.165, 1.54) is 0 Å². The second-order valence-electron chi connectivity index (χ2n) is 4.44. The van der Waals surface area contributed by atoms with Crippen LogP contribution < -0.4 is 4.90 Å². The molecule has 2 aromatic heterocycles. The van der Waals surface area contributed by atoms with E-state index in [-0.39, 0.29) is 6.10 Å². The van der Waals surface area contributed by atoms with Crippen molar-refractivity contribution in [3.63, 3.8) is 0 Å². The number of morpholine rings is 1. The summed E-state index contributed by atoms with van der Waals surface area (Å²) in [4.78, 5) is 6.45. The first-order valence-electron chi connectivity index (χ1n) is 6.13. The summed E-state index contributed by atoms with van der Waals surface area (Å²) < 4.78 is 13.4. The predicted octanol–water partition coefficient (Wildman–Crippen LogP) is 1.34. The van der Waals surface area contributed by atoms with E-state index in [0.29, 0.717) is 13.2 Å². The van der Waals surface area contributed by atoms with Crippen molar-refractivity contribution in [2.24, 2.45) is 0 Å². The van der Waals surface area contributed by atoms with Crippen LogP contribution in [0.25, 0.3) is 5.65 Å². The molecule has 1 fully saturated rings. The van der Waals surface area contributed by atoms with Gasteiger partial charge in [-0.15, -0.1) is 5.10 Å². The Kier molecular flexibility index (Phi) is 3.67. The second kappa shape index (κ2) is 5.44. The number of aromatic nitrogens is 3.